The van der Waals surface area contributed by atoms with Crippen molar-refractivity contribution in [3.8, 4) is 5.75 Å². The third kappa shape index (κ3) is 5.16. The molecule has 0 aliphatic carbocycles. The molecule has 0 radical (unpaired) electrons. The van der Waals surface area contributed by atoms with Crippen LogP contribution in [0, 0.1) is 6.92 Å². The first kappa shape index (κ1) is 22.4. The second-order valence-corrected chi connectivity index (χ2v) is 7.99. The zero-order valence-electron chi connectivity index (χ0n) is 18.8. The van der Waals surface area contributed by atoms with Gasteiger partial charge < -0.3 is 15.0 Å². The van der Waals surface area contributed by atoms with E-state index in [1.54, 1.807) is 49.5 Å². The van der Waals surface area contributed by atoms with E-state index in [4.69, 9.17) is 4.74 Å². The predicted octanol–water partition coefficient (Wildman–Crippen LogP) is 3.49. The van der Waals surface area contributed by atoms with Gasteiger partial charge in [-0.25, -0.2) is 9.97 Å². The number of piperidine rings is 1. The number of carbonyl (C=O) groups excluding carboxylic acids is 2. The van der Waals surface area contributed by atoms with Crippen molar-refractivity contribution in [3.63, 3.8) is 0 Å². The zero-order chi connectivity index (χ0) is 23.2. The Balaban J connectivity index is 1.48. The van der Waals surface area contributed by atoms with Crippen molar-refractivity contribution in [2.45, 2.75) is 38.8 Å². The Morgan fingerprint density at radius 1 is 1.15 bits per heavy atom. The number of amides is 2. The molecule has 1 fully saturated rings. The van der Waals surface area contributed by atoms with E-state index in [1.165, 1.54) is 0 Å². The lowest BCUT2D eigenvalue weighted by Gasteiger charge is -2.34. The van der Waals surface area contributed by atoms with Gasteiger partial charge in [-0.1, -0.05) is 18.2 Å². The molecule has 1 N–H and O–H groups in total. The number of methoxy groups -OCH3 is 1. The maximum atomic E-state index is 13.0. The van der Waals surface area contributed by atoms with Crippen LogP contribution in [0.2, 0.25) is 0 Å². The van der Waals surface area contributed by atoms with Crippen LogP contribution in [0.3, 0.4) is 0 Å². The predicted molar refractivity (Wildman–Crippen MR) is 123 cm³/mol. The molecule has 0 bridgehead atoms. The summed E-state index contributed by atoms with van der Waals surface area (Å²) in [6, 6.07) is 12.6. The topological polar surface area (TPSA) is 97.3 Å². The number of hydrogen-bond donors (Lipinski definition) is 1. The highest BCUT2D eigenvalue weighted by Crippen LogP contribution is 2.30. The lowest BCUT2D eigenvalue weighted by Crippen LogP contribution is -2.39. The number of ether oxygens (including phenoxy) is 1. The standard InChI is InChI=1S/C25H27N5O3/c1-17-20(24(31)28-15-18-8-7-9-19(14-18)33-2)16-27-23(29-17)22-11-4-6-13-30(22)25(32)21-10-3-5-12-26-21/h3,5,7-10,12,14,16,22H,4,6,11,13,15H2,1-2H3,(H,28,31). The number of aryl methyl sites for hydroxylation is 1. The molecule has 170 valence electrons. The van der Waals surface area contributed by atoms with Crippen molar-refractivity contribution in [3.05, 3.63) is 83.2 Å². The van der Waals surface area contributed by atoms with Crippen molar-refractivity contribution >= 4 is 11.8 Å². The molecule has 8 nitrogen and oxygen atoms in total. The van der Waals surface area contributed by atoms with Gasteiger partial charge in [0, 0.05) is 25.5 Å². The Morgan fingerprint density at radius 3 is 2.79 bits per heavy atom. The lowest BCUT2D eigenvalue weighted by molar-refractivity contribution is 0.0593. The first-order chi connectivity index (χ1) is 16.1. The molecule has 3 heterocycles. The van der Waals surface area contributed by atoms with Crippen LogP contribution in [0.15, 0.2) is 54.9 Å². The summed E-state index contributed by atoms with van der Waals surface area (Å²) in [5.41, 5.74) is 2.34. The zero-order valence-corrected chi connectivity index (χ0v) is 18.8. The minimum atomic E-state index is -0.244. The minimum Gasteiger partial charge on any atom is -0.497 e. The number of benzene rings is 1. The highest BCUT2D eigenvalue weighted by Gasteiger charge is 2.31. The van der Waals surface area contributed by atoms with E-state index in [0.717, 1.165) is 30.6 Å². The molecule has 4 rings (SSSR count). The first-order valence-corrected chi connectivity index (χ1v) is 11.0. The lowest BCUT2D eigenvalue weighted by atomic mass is 10.0. The van der Waals surface area contributed by atoms with E-state index < -0.39 is 0 Å². The summed E-state index contributed by atoms with van der Waals surface area (Å²) < 4.78 is 5.23. The number of nitrogens with one attached hydrogen (secondary N) is 1. The molecule has 1 aliphatic rings. The van der Waals surface area contributed by atoms with E-state index in [1.807, 2.05) is 24.3 Å². The summed E-state index contributed by atoms with van der Waals surface area (Å²) in [7, 11) is 1.61. The van der Waals surface area contributed by atoms with E-state index in [2.05, 4.69) is 20.3 Å². The normalized spacial score (nSPS) is 15.7. The number of nitrogens with zero attached hydrogens (tertiary/aromatic N) is 4. The smallest absolute Gasteiger partial charge is 0.273 e. The number of hydrogen-bond acceptors (Lipinski definition) is 6. The Bertz CT molecular complexity index is 1140. The van der Waals surface area contributed by atoms with Gasteiger partial charge in [0.25, 0.3) is 11.8 Å². The van der Waals surface area contributed by atoms with Crippen molar-refractivity contribution in [2.75, 3.05) is 13.7 Å². The summed E-state index contributed by atoms with van der Waals surface area (Å²) in [5, 5.41) is 2.91. The average Bonchev–Trinajstić information content (AvgIpc) is 2.87. The molecule has 0 saturated carbocycles. The summed E-state index contributed by atoms with van der Waals surface area (Å²) in [5.74, 6) is 0.928. The van der Waals surface area contributed by atoms with Gasteiger partial charge in [-0.2, -0.15) is 0 Å². The molecule has 1 unspecified atom stereocenters. The molecule has 0 spiro atoms. The van der Waals surface area contributed by atoms with Crippen LogP contribution < -0.4 is 10.1 Å². The van der Waals surface area contributed by atoms with Crippen molar-refractivity contribution < 1.29 is 14.3 Å². The fourth-order valence-electron chi connectivity index (χ4n) is 4.01. The molecule has 2 amide bonds. The number of aromatic nitrogens is 3. The molecule has 1 saturated heterocycles. The van der Waals surface area contributed by atoms with Crippen LogP contribution in [0.4, 0.5) is 0 Å². The van der Waals surface area contributed by atoms with Crippen molar-refractivity contribution in [1.82, 2.24) is 25.2 Å². The SMILES string of the molecule is COc1cccc(CNC(=O)c2cnc(C3CCCCN3C(=O)c3ccccn3)nc2C)c1. The number of pyridine rings is 1. The summed E-state index contributed by atoms with van der Waals surface area (Å²) in [6.45, 7) is 2.79. The highest BCUT2D eigenvalue weighted by atomic mass is 16.5. The molecule has 1 atom stereocenters. The largest absolute Gasteiger partial charge is 0.497 e. The number of carbonyl (C=O) groups is 2. The second-order valence-electron chi connectivity index (χ2n) is 7.99. The molecular weight excluding hydrogens is 418 g/mol. The third-order valence-corrected chi connectivity index (χ3v) is 5.78. The summed E-state index contributed by atoms with van der Waals surface area (Å²) in [4.78, 5) is 40.9. The quantitative estimate of drug-likeness (QED) is 0.624. The van der Waals surface area contributed by atoms with Gasteiger partial charge >= 0.3 is 0 Å². The number of likely N-dealkylation sites (tertiary alicyclic amines) is 1. The monoisotopic (exact) mass is 445 g/mol. The molecule has 1 aliphatic heterocycles. The van der Waals surface area contributed by atoms with E-state index in [9.17, 15) is 9.59 Å². The summed E-state index contributed by atoms with van der Waals surface area (Å²) >= 11 is 0. The van der Waals surface area contributed by atoms with Crippen LogP contribution in [0.5, 0.6) is 5.75 Å². The molecule has 33 heavy (non-hydrogen) atoms. The molecule has 8 heteroatoms. The maximum absolute atomic E-state index is 13.0. The molecule has 3 aromatic rings. The van der Waals surface area contributed by atoms with Gasteiger partial charge in [0.1, 0.15) is 11.4 Å². The Kier molecular flexibility index (Phi) is 6.92. The van der Waals surface area contributed by atoms with E-state index >= 15 is 0 Å². The van der Waals surface area contributed by atoms with Crippen LogP contribution in [-0.2, 0) is 6.54 Å². The molecular formula is C25H27N5O3. The minimum absolute atomic E-state index is 0.123. The Labute approximate surface area is 193 Å². The average molecular weight is 446 g/mol. The van der Waals surface area contributed by atoms with Gasteiger partial charge in [0.05, 0.1) is 24.4 Å². The van der Waals surface area contributed by atoms with Gasteiger partial charge in [-0.05, 0) is 56.0 Å². The van der Waals surface area contributed by atoms with Crippen LogP contribution in [0.25, 0.3) is 0 Å². The first-order valence-electron chi connectivity index (χ1n) is 11.0. The van der Waals surface area contributed by atoms with E-state index in [0.29, 0.717) is 35.9 Å². The fraction of sp³-hybridized carbons (Fsp3) is 0.320. The Hall–Kier alpha value is -3.81. The van der Waals surface area contributed by atoms with E-state index in [-0.39, 0.29) is 17.9 Å². The highest BCUT2D eigenvalue weighted by molar-refractivity contribution is 5.95. The van der Waals surface area contributed by atoms with Gasteiger partial charge in [-0.15, -0.1) is 0 Å². The number of rotatable bonds is 6. The van der Waals surface area contributed by atoms with Crippen LogP contribution in [-0.4, -0.2) is 45.3 Å². The molecule has 1 aromatic carbocycles. The van der Waals surface area contributed by atoms with Crippen LogP contribution in [0.1, 0.15) is 63.2 Å². The summed E-state index contributed by atoms with van der Waals surface area (Å²) in [6.07, 6.45) is 5.86. The Morgan fingerprint density at radius 2 is 2.03 bits per heavy atom. The van der Waals surface area contributed by atoms with Crippen molar-refractivity contribution in [2.24, 2.45) is 0 Å². The molecule has 2 aromatic heterocycles. The van der Waals surface area contributed by atoms with Gasteiger partial charge in [0.15, 0.2) is 5.82 Å². The van der Waals surface area contributed by atoms with Crippen molar-refractivity contribution in [1.29, 1.82) is 0 Å². The fourth-order valence-corrected chi connectivity index (χ4v) is 4.01. The third-order valence-electron chi connectivity index (χ3n) is 5.78. The van der Waals surface area contributed by atoms with Gasteiger partial charge in [0.2, 0.25) is 0 Å². The van der Waals surface area contributed by atoms with Gasteiger partial charge in [-0.3, -0.25) is 14.6 Å². The maximum Gasteiger partial charge on any atom is 0.273 e. The second kappa shape index (κ2) is 10.2. The van der Waals surface area contributed by atoms with Crippen LogP contribution >= 0.6 is 0 Å².